The standard InChI is InChI=1S/C17H20N2OS/c1-11-7-8-12(2)16(9-11)19-17(20)13(3)21-15-6-4-5-14(18)10-15/h4-10,13H,18H2,1-3H3,(H,19,20). The van der Waals surface area contributed by atoms with Crippen molar-refractivity contribution in [3.8, 4) is 0 Å². The molecule has 3 nitrogen and oxygen atoms in total. The summed E-state index contributed by atoms with van der Waals surface area (Å²) < 4.78 is 0. The van der Waals surface area contributed by atoms with E-state index in [9.17, 15) is 4.79 Å². The number of nitrogen functional groups attached to an aromatic ring is 1. The number of carbonyl (C=O) groups is 1. The fourth-order valence-corrected chi connectivity index (χ4v) is 2.89. The monoisotopic (exact) mass is 300 g/mol. The van der Waals surface area contributed by atoms with Gasteiger partial charge < -0.3 is 11.1 Å². The first-order valence-electron chi connectivity index (χ1n) is 6.86. The van der Waals surface area contributed by atoms with Crippen LogP contribution in [0.2, 0.25) is 0 Å². The number of rotatable bonds is 4. The first-order chi connectivity index (χ1) is 9.95. The molecule has 0 aliphatic heterocycles. The summed E-state index contributed by atoms with van der Waals surface area (Å²) >= 11 is 1.50. The Hall–Kier alpha value is -1.94. The summed E-state index contributed by atoms with van der Waals surface area (Å²) in [5, 5.41) is 2.81. The third kappa shape index (κ3) is 4.26. The summed E-state index contributed by atoms with van der Waals surface area (Å²) in [6.45, 7) is 5.90. The van der Waals surface area contributed by atoms with Crippen molar-refractivity contribution in [2.24, 2.45) is 0 Å². The Morgan fingerprint density at radius 2 is 1.95 bits per heavy atom. The second kappa shape index (κ2) is 6.68. The van der Waals surface area contributed by atoms with Crippen molar-refractivity contribution in [1.82, 2.24) is 0 Å². The van der Waals surface area contributed by atoms with Gasteiger partial charge >= 0.3 is 0 Å². The fraction of sp³-hybridized carbons (Fsp3) is 0.235. The van der Waals surface area contributed by atoms with Crippen LogP contribution >= 0.6 is 11.8 Å². The molecule has 1 amide bonds. The minimum Gasteiger partial charge on any atom is -0.399 e. The van der Waals surface area contributed by atoms with E-state index in [0.29, 0.717) is 5.69 Å². The summed E-state index contributed by atoms with van der Waals surface area (Å²) in [6.07, 6.45) is 0. The molecular weight excluding hydrogens is 280 g/mol. The molecule has 0 fully saturated rings. The molecule has 0 radical (unpaired) electrons. The van der Waals surface area contributed by atoms with Crippen LogP contribution in [0.4, 0.5) is 11.4 Å². The van der Waals surface area contributed by atoms with E-state index in [1.54, 1.807) is 0 Å². The smallest absolute Gasteiger partial charge is 0.237 e. The number of thioether (sulfide) groups is 1. The van der Waals surface area contributed by atoms with Crippen LogP contribution in [-0.2, 0) is 4.79 Å². The van der Waals surface area contributed by atoms with E-state index in [4.69, 9.17) is 5.73 Å². The van der Waals surface area contributed by atoms with Crippen molar-refractivity contribution in [2.45, 2.75) is 30.9 Å². The lowest BCUT2D eigenvalue weighted by Crippen LogP contribution is -2.22. The molecule has 110 valence electrons. The Morgan fingerprint density at radius 3 is 2.67 bits per heavy atom. The van der Waals surface area contributed by atoms with Crippen LogP contribution in [-0.4, -0.2) is 11.2 Å². The third-order valence-corrected chi connectivity index (χ3v) is 4.28. The Bertz CT molecular complexity index is 655. The van der Waals surface area contributed by atoms with Gasteiger partial charge in [0.05, 0.1) is 5.25 Å². The van der Waals surface area contributed by atoms with Gasteiger partial charge in [-0.1, -0.05) is 18.2 Å². The molecule has 4 heteroatoms. The topological polar surface area (TPSA) is 55.1 Å². The molecule has 0 saturated heterocycles. The van der Waals surface area contributed by atoms with Gasteiger partial charge in [-0.3, -0.25) is 4.79 Å². The Labute approximate surface area is 129 Å². The lowest BCUT2D eigenvalue weighted by Gasteiger charge is -2.14. The van der Waals surface area contributed by atoms with Gasteiger partial charge in [-0.25, -0.2) is 0 Å². The molecule has 2 aromatic carbocycles. The van der Waals surface area contributed by atoms with E-state index in [1.165, 1.54) is 11.8 Å². The molecule has 0 aromatic heterocycles. The number of nitrogens with two attached hydrogens (primary N) is 1. The van der Waals surface area contributed by atoms with Crippen LogP contribution in [0.25, 0.3) is 0 Å². The summed E-state index contributed by atoms with van der Waals surface area (Å²) in [6, 6.07) is 13.6. The molecule has 0 spiro atoms. The van der Waals surface area contributed by atoms with Crippen LogP contribution in [0.5, 0.6) is 0 Å². The summed E-state index contributed by atoms with van der Waals surface area (Å²) in [7, 11) is 0. The summed E-state index contributed by atoms with van der Waals surface area (Å²) in [5.41, 5.74) is 9.54. The second-order valence-electron chi connectivity index (χ2n) is 5.14. The summed E-state index contributed by atoms with van der Waals surface area (Å²) in [5.74, 6) is -0.00359. The summed E-state index contributed by atoms with van der Waals surface area (Å²) in [4.78, 5) is 13.3. The van der Waals surface area contributed by atoms with E-state index in [0.717, 1.165) is 21.7 Å². The van der Waals surface area contributed by atoms with Gasteiger partial charge in [0.1, 0.15) is 0 Å². The van der Waals surface area contributed by atoms with Gasteiger partial charge in [0, 0.05) is 16.3 Å². The quantitative estimate of drug-likeness (QED) is 0.662. The minimum absolute atomic E-state index is 0.00359. The number of amides is 1. The van der Waals surface area contributed by atoms with Crippen molar-refractivity contribution in [2.75, 3.05) is 11.1 Å². The van der Waals surface area contributed by atoms with Crippen molar-refractivity contribution in [3.05, 3.63) is 53.6 Å². The maximum atomic E-state index is 12.3. The van der Waals surface area contributed by atoms with E-state index in [2.05, 4.69) is 5.32 Å². The normalized spacial score (nSPS) is 12.0. The number of nitrogens with one attached hydrogen (secondary N) is 1. The van der Waals surface area contributed by atoms with E-state index in [1.807, 2.05) is 63.2 Å². The number of aryl methyl sites for hydroxylation is 2. The zero-order valence-electron chi connectivity index (χ0n) is 12.5. The third-order valence-electron chi connectivity index (χ3n) is 3.19. The predicted molar refractivity (Wildman–Crippen MR) is 90.7 cm³/mol. The lowest BCUT2D eigenvalue weighted by atomic mass is 10.1. The zero-order valence-corrected chi connectivity index (χ0v) is 13.3. The van der Waals surface area contributed by atoms with E-state index >= 15 is 0 Å². The molecule has 2 aromatic rings. The van der Waals surface area contributed by atoms with Crippen molar-refractivity contribution >= 4 is 29.0 Å². The molecule has 0 heterocycles. The lowest BCUT2D eigenvalue weighted by molar-refractivity contribution is -0.115. The Morgan fingerprint density at radius 1 is 1.19 bits per heavy atom. The van der Waals surface area contributed by atoms with Crippen molar-refractivity contribution in [3.63, 3.8) is 0 Å². The number of anilines is 2. The van der Waals surface area contributed by atoms with Crippen LogP contribution in [0.15, 0.2) is 47.4 Å². The molecule has 0 bridgehead atoms. The molecule has 0 aliphatic rings. The van der Waals surface area contributed by atoms with Gasteiger partial charge in [-0.05, 0) is 56.2 Å². The molecule has 0 aliphatic carbocycles. The van der Waals surface area contributed by atoms with Crippen molar-refractivity contribution < 1.29 is 4.79 Å². The number of benzene rings is 2. The molecule has 2 rings (SSSR count). The van der Waals surface area contributed by atoms with Crippen molar-refractivity contribution in [1.29, 1.82) is 0 Å². The van der Waals surface area contributed by atoms with Crippen LogP contribution in [0.3, 0.4) is 0 Å². The predicted octanol–water partition coefficient (Wildman–Crippen LogP) is 4.00. The highest BCUT2D eigenvalue weighted by Gasteiger charge is 2.15. The maximum absolute atomic E-state index is 12.3. The Kier molecular flexibility index (Phi) is 4.91. The van der Waals surface area contributed by atoms with Gasteiger partial charge in [0.2, 0.25) is 5.91 Å². The molecule has 1 atom stereocenters. The van der Waals surface area contributed by atoms with Gasteiger partial charge in [-0.15, -0.1) is 11.8 Å². The SMILES string of the molecule is Cc1ccc(C)c(NC(=O)C(C)Sc2cccc(N)c2)c1. The highest BCUT2D eigenvalue weighted by atomic mass is 32.2. The molecule has 21 heavy (non-hydrogen) atoms. The maximum Gasteiger partial charge on any atom is 0.237 e. The number of carbonyl (C=O) groups excluding carboxylic acids is 1. The van der Waals surface area contributed by atoms with Crippen LogP contribution in [0.1, 0.15) is 18.1 Å². The first-order valence-corrected chi connectivity index (χ1v) is 7.74. The second-order valence-corrected chi connectivity index (χ2v) is 6.55. The van der Waals surface area contributed by atoms with Gasteiger partial charge in [0.15, 0.2) is 0 Å². The Balaban J connectivity index is 2.04. The number of hydrogen-bond acceptors (Lipinski definition) is 3. The average molecular weight is 300 g/mol. The highest BCUT2D eigenvalue weighted by Crippen LogP contribution is 2.26. The number of hydrogen-bond donors (Lipinski definition) is 2. The zero-order chi connectivity index (χ0) is 15.4. The minimum atomic E-state index is -0.188. The highest BCUT2D eigenvalue weighted by molar-refractivity contribution is 8.00. The molecule has 3 N–H and O–H groups in total. The molecule has 1 unspecified atom stereocenters. The average Bonchev–Trinajstić information content (AvgIpc) is 2.43. The fourth-order valence-electron chi connectivity index (χ4n) is 1.95. The molecule has 0 saturated carbocycles. The van der Waals surface area contributed by atoms with E-state index in [-0.39, 0.29) is 11.2 Å². The van der Waals surface area contributed by atoms with Gasteiger partial charge in [0.25, 0.3) is 0 Å². The molecular formula is C17H20N2OS. The largest absolute Gasteiger partial charge is 0.399 e. The van der Waals surface area contributed by atoms with Gasteiger partial charge in [-0.2, -0.15) is 0 Å². The van der Waals surface area contributed by atoms with Crippen LogP contribution < -0.4 is 11.1 Å². The first kappa shape index (κ1) is 15.4. The van der Waals surface area contributed by atoms with E-state index < -0.39 is 0 Å². The van der Waals surface area contributed by atoms with Crippen LogP contribution in [0, 0.1) is 13.8 Å².